The molecule has 1 heteroatoms. The summed E-state index contributed by atoms with van der Waals surface area (Å²) in [6.45, 7) is 0. The maximum atomic E-state index is 6.88. The fourth-order valence-corrected chi connectivity index (χ4v) is 8.67. The molecule has 51 heavy (non-hydrogen) atoms. The average molecular weight is 647 g/mol. The van der Waals surface area contributed by atoms with E-state index < -0.39 is 0 Å². The Morgan fingerprint density at radius 1 is 0.275 bits per heavy atom. The van der Waals surface area contributed by atoms with Crippen molar-refractivity contribution in [2.24, 2.45) is 0 Å². The van der Waals surface area contributed by atoms with Crippen LogP contribution in [-0.4, -0.2) is 0 Å². The van der Waals surface area contributed by atoms with Gasteiger partial charge in [-0.1, -0.05) is 176 Å². The molecule has 0 aliphatic heterocycles. The molecular weight excluding hydrogens is 617 g/mol. The van der Waals surface area contributed by atoms with Gasteiger partial charge in [0.05, 0.1) is 0 Å². The highest BCUT2D eigenvalue weighted by molar-refractivity contribution is 6.34. The average Bonchev–Trinajstić information content (AvgIpc) is 3.61. The number of furan rings is 1. The maximum Gasteiger partial charge on any atom is 0.143 e. The molecule has 0 spiro atoms. The smallest absolute Gasteiger partial charge is 0.143 e. The van der Waals surface area contributed by atoms with Gasteiger partial charge >= 0.3 is 0 Å². The third-order valence-electron chi connectivity index (χ3n) is 10.8. The lowest BCUT2D eigenvalue weighted by molar-refractivity contribution is 0.673. The van der Waals surface area contributed by atoms with Crippen LogP contribution in [-0.2, 0) is 0 Å². The topological polar surface area (TPSA) is 13.1 Å². The minimum Gasteiger partial charge on any atom is -0.455 e. The molecule has 0 fully saturated rings. The second-order valence-corrected chi connectivity index (χ2v) is 13.5. The summed E-state index contributed by atoms with van der Waals surface area (Å²) in [6, 6.07) is 66.0. The molecule has 10 aromatic carbocycles. The fourth-order valence-electron chi connectivity index (χ4n) is 8.67. The van der Waals surface area contributed by atoms with Gasteiger partial charge in [0.25, 0.3) is 0 Å². The molecule has 0 bridgehead atoms. The lowest BCUT2D eigenvalue weighted by Crippen LogP contribution is -1.91. The van der Waals surface area contributed by atoms with Crippen molar-refractivity contribution in [2.75, 3.05) is 0 Å². The van der Waals surface area contributed by atoms with E-state index in [0.717, 1.165) is 16.6 Å². The van der Waals surface area contributed by atoms with E-state index in [-0.39, 0.29) is 0 Å². The molecule has 0 saturated carbocycles. The van der Waals surface area contributed by atoms with E-state index in [1.165, 1.54) is 92.6 Å². The van der Waals surface area contributed by atoms with Crippen molar-refractivity contribution in [1.29, 1.82) is 0 Å². The molecule has 1 aromatic heterocycles. The van der Waals surface area contributed by atoms with Crippen molar-refractivity contribution < 1.29 is 4.42 Å². The van der Waals surface area contributed by atoms with Gasteiger partial charge in [-0.05, 0) is 87.9 Å². The van der Waals surface area contributed by atoms with Gasteiger partial charge in [-0.2, -0.15) is 0 Å². The Hall–Kier alpha value is -6.70. The van der Waals surface area contributed by atoms with Gasteiger partial charge in [0.15, 0.2) is 0 Å². The van der Waals surface area contributed by atoms with Crippen LogP contribution in [0.4, 0.5) is 0 Å². The summed E-state index contributed by atoms with van der Waals surface area (Å²) in [5, 5.41) is 14.7. The molecule has 0 saturated heterocycles. The standard InChI is InChI=1S/C50H30O/c1-2-14-32(15-3-1)46-39-21-9-11-23-41(39)47(42-24-12-10-22-40(42)46)33-28-26-31(27-29-33)44-30-45-48(37-19-7-5-18-36(37)44)49-38-20-8-4-16-34(38)35-17-6-13-25-43(35)50(49)51-45/h1-30H. The Morgan fingerprint density at radius 2 is 0.667 bits per heavy atom. The van der Waals surface area contributed by atoms with Crippen LogP contribution in [0.25, 0.3) is 109 Å². The number of rotatable bonds is 3. The van der Waals surface area contributed by atoms with Crippen LogP contribution < -0.4 is 0 Å². The van der Waals surface area contributed by atoms with E-state index in [2.05, 4.69) is 182 Å². The van der Waals surface area contributed by atoms with Gasteiger partial charge in [0, 0.05) is 16.2 Å². The van der Waals surface area contributed by atoms with E-state index >= 15 is 0 Å². The zero-order valence-corrected chi connectivity index (χ0v) is 27.7. The zero-order valence-electron chi connectivity index (χ0n) is 27.7. The summed E-state index contributed by atoms with van der Waals surface area (Å²) >= 11 is 0. The molecule has 11 aromatic rings. The van der Waals surface area contributed by atoms with E-state index in [1.807, 2.05) is 0 Å². The van der Waals surface area contributed by atoms with Crippen LogP contribution in [0.2, 0.25) is 0 Å². The van der Waals surface area contributed by atoms with Gasteiger partial charge in [0.2, 0.25) is 0 Å². The molecule has 0 radical (unpaired) electrons. The molecular formula is C50H30O. The minimum absolute atomic E-state index is 0.915. The first-order valence-corrected chi connectivity index (χ1v) is 17.6. The lowest BCUT2D eigenvalue weighted by atomic mass is 9.85. The third-order valence-corrected chi connectivity index (χ3v) is 10.8. The first-order chi connectivity index (χ1) is 25.3. The molecule has 0 unspecified atom stereocenters. The molecule has 1 heterocycles. The van der Waals surface area contributed by atoms with Crippen LogP contribution in [0.3, 0.4) is 0 Å². The molecule has 11 rings (SSSR count). The van der Waals surface area contributed by atoms with Crippen molar-refractivity contribution in [3.05, 3.63) is 182 Å². The van der Waals surface area contributed by atoms with Crippen LogP contribution in [0.1, 0.15) is 0 Å². The Labute approximate surface area is 294 Å². The van der Waals surface area contributed by atoms with Gasteiger partial charge < -0.3 is 4.42 Å². The molecule has 0 amide bonds. The molecule has 0 aliphatic rings. The second-order valence-electron chi connectivity index (χ2n) is 13.5. The number of hydrogen-bond acceptors (Lipinski definition) is 1. The highest BCUT2D eigenvalue weighted by Crippen LogP contribution is 2.47. The molecule has 0 N–H and O–H groups in total. The highest BCUT2D eigenvalue weighted by atomic mass is 16.3. The lowest BCUT2D eigenvalue weighted by Gasteiger charge is -2.18. The Bertz CT molecular complexity index is 3110. The SMILES string of the molecule is c1ccc(-c2c3ccccc3c(-c3ccc(-c4cc5oc6c7ccccc7c7ccccc7c6c5c5ccccc45)cc3)c3ccccc23)cc1. The first-order valence-electron chi connectivity index (χ1n) is 17.6. The summed E-state index contributed by atoms with van der Waals surface area (Å²) in [6.07, 6.45) is 0. The quantitative estimate of drug-likeness (QED) is 0.138. The van der Waals surface area contributed by atoms with E-state index in [1.54, 1.807) is 0 Å². The summed E-state index contributed by atoms with van der Waals surface area (Å²) in [5.74, 6) is 0. The predicted molar refractivity (Wildman–Crippen MR) is 218 cm³/mol. The summed E-state index contributed by atoms with van der Waals surface area (Å²) in [7, 11) is 0. The Balaban J connectivity index is 1.15. The van der Waals surface area contributed by atoms with Gasteiger partial charge in [-0.15, -0.1) is 0 Å². The maximum absolute atomic E-state index is 6.88. The zero-order chi connectivity index (χ0) is 33.5. The highest BCUT2D eigenvalue weighted by Gasteiger charge is 2.20. The van der Waals surface area contributed by atoms with E-state index in [9.17, 15) is 0 Å². The van der Waals surface area contributed by atoms with Crippen molar-refractivity contribution in [1.82, 2.24) is 0 Å². The van der Waals surface area contributed by atoms with Crippen LogP contribution >= 0.6 is 0 Å². The van der Waals surface area contributed by atoms with Crippen molar-refractivity contribution in [3.63, 3.8) is 0 Å². The van der Waals surface area contributed by atoms with Gasteiger partial charge in [-0.25, -0.2) is 0 Å². The van der Waals surface area contributed by atoms with Crippen molar-refractivity contribution in [3.8, 4) is 33.4 Å². The summed E-state index contributed by atoms with van der Waals surface area (Å²) < 4.78 is 6.88. The van der Waals surface area contributed by atoms with E-state index in [4.69, 9.17) is 4.42 Å². The fraction of sp³-hybridized carbons (Fsp3) is 0. The molecule has 1 nitrogen and oxygen atoms in total. The largest absolute Gasteiger partial charge is 0.455 e. The molecule has 236 valence electrons. The van der Waals surface area contributed by atoms with Gasteiger partial charge in [0.1, 0.15) is 11.2 Å². The van der Waals surface area contributed by atoms with Crippen LogP contribution in [0.5, 0.6) is 0 Å². The normalized spacial score (nSPS) is 11.9. The minimum atomic E-state index is 0.915. The molecule has 0 aliphatic carbocycles. The monoisotopic (exact) mass is 646 g/mol. The molecule has 0 atom stereocenters. The Morgan fingerprint density at radius 3 is 1.24 bits per heavy atom. The number of benzene rings is 10. The van der Waals surface area contributed by atoms with Crippen LogP contribution in [0, 0.1) is 0 Å². The van der Waals surface area contributed by atoms with Crippen molar-refractivity contribution >= 4 is 75.8 Å². The van der Waals surface area contributed by atoms with Crippen LogP contribution in [0.15, 0.2) is 186 Å². The summed E-state index contributed by atoms with van der Waals surface area (Å²) in [5.41, 5.74) is 9.20. The number of fused-ring (bicyclic) bond motifs is 12. The second kappa shape index (κ2) is 10.9. The van der Waals surface area contributed by atoms with Crippen molar-refractivity contribution in [2.45, 2.75) is 0 Å². The Kier molecular flexibility index (Phi) is 6.02. The number of hydrogen-bond donors (Lipinski definition) is 0. The first kappa shape index (κ1) is 28.2. The predicted octanol–water partition coefficient (Wildman–Crippen LogP) is 14.4. The van der Waals surface area contributed by atoms with E-state index in [0.29, 0.717) is 0 Å². The summed E-state index contributed by atoms with van der Waals surface area (Å²) in [4.78, 5) is 0. The van der Waals surface area contributed by atoms with Gasteiger partial charge in [-0.3, -0.25) is 0 Å². The third kappa shape index (κ3) is 4.09.